The lowest BCUT2D eigenvalue weighted by atomic mass is 10.2. The number of hydrogen-bond acceptors (Lipinski definition) is 3. The Kier molecular flexibility index (Phi) is 4.29. The highest BCUT2D eigenvalue weighted by Crippen LogP contribution is 2.26. The Labute approximate surface area is 125 Å². The Morgan fingerprint density at radius 2 is 1.76 bits per heavy atom. The van der Waals surface area contributed by atoms with Gasteiger partial charge in [-0.15, -0.1) is 0 Å². The number of aromatic carboxylic acids is 1. The van der Waals surface area contributed by atoms with Gasteiger partial charge >= 0.3 is 5.97 Å². The maximum atomic E-state index is 12.8. The highest BCUT2D eigenvalue weighted by molar-refractivity contribution is 7.90. The molecule has 21 heavy (non-hydrogen) atoms. The SMILES string of the molecule is O=C(O)c1ccc(Cl)c(S(=O)(=O)Cc2ccc(F)cc2)c1. The highest BCUT2D eigenvalue weighted by Gasteiger charge is 2.20. The molecule has 0 spiro atoms. The molecule has 2 aromatic rings. The number of benzene rings is 2. The van der Waals surface area contributed by atoms with Crippen molar-refractivity contribution in [3.8, 4) is 0 Å². The number of carboxylic acids is 1. The number of hydrogen-bond donors (Lipinski definition) is 1. The van der Waals surface area contributed by atoms with Crippen molar-refractivity contribution in [3.63, 3.8) is 0 Å². The molecule has 0 bridgehead atoms. The summed E-state index contributed by atoms with van der Waals surface area (Å²) in [7, 11) is -3.83. The minimum Gasteiger partial charge on any atom is -0.478 e. The fraction of sp³-hybridized carbons (Fsp3) is 0.0714. The second-order valence-corrected chi connectivity index (χ2v) is 6.70. The summed E-state index contributed by atoms with van der Waals surface area (Å²) < 4.78 is 37.4. The lowest BCUT2D eigenvalue weighted by Gasteiger charge is -2.08. The molecule has 0 heterocycles. The van der Waals surface area contributed by atoms with Crippen LogP contribution in [0.25, 0.3) is 0 Å². The lowest BCUT2D eigenvalue weighted by Crippen LogP contribution is -2.08. The van der Waals surface area contributed by atoms with Gasteiger partial charge in [0.25, 0.3) is 0 Å². The molecule has 2 rings (SSSR count). The summed E-state index contributed by atoms with van der Waals surface area (Å²) in [4.78, 5) is 10.7. The van der Waals surface area contributed by atoms with E-state index in [0.717, 1.165) is 18.2 Å². The first kappa shape index (κ1) is 15.5. The zero-order valence-electron chi connectivity index (χ0n) is 10.6. The molecule has 2 aromatic carbocycles. The average molecular weight is 329 g/mol. The minimum absolute atomic E-state index is 0.0536. The zero-order valence-corrected chi connectivity index (χ0v) is 12.2. The van der Waals surface area contributed by atoms with Crippen molar-refractivity contribution >= 4 is 27.4 Å². The maximum Gasteiger partial charge on any atom is 0.335 e. The summed E-state index contributed by atoms with van der Waals surface area (Å²) in [6.45, 7) is 0. The maximum absolute atomic E-state index is 12.8. The first-order valence-electron chi connectivity index (χ1n) is 5.79. The Morgan fingerprint density at radius 1 is 1.14 bits per heavy atom. The van der Waals surface area contributed by atoms with Crippen molar-refractivity contribution in [2.24, 2.45) is 0 Å². The van der Waals surface area contributed by atoms with Crippen molar-refractivity contribution in [2.45, 2.75) is 10.6 Å². The molecule has 0 unspecified atom stereocenters. The van der Waals surface area contributed by atoms with E-state index in [-0.39, 0.29) is 15.5 Å². The number of rotatable bonds is 4. The molecular weight excluding hydrogens is 319 g/mol. The van der Waals surface area contributed by atoms with E-state index in [4.69, 9.17) is 16.7 Å². The molecule has 0 aliphatic heterocycles. The molecule has 4 nitrogen and oxygen atoms in total. The normalized spacial score (nSPS) is 11.3. The summed E-state index contributed by atoms with van der Waals surface area (Å²) in [5.41, 5.74) is 0.213. The van der Waals surface area contributed by atoms with Crippen LogP contribution in [0.3, 0.4) is 0 Å². The third-order valence-corrected chi connectivity index (χ3v) is 4.95. The molecule has 0 aliphatic rings. The molecule has 110 valence electrons. The van der Waals surface area contributed by atoms with Crippen LogP contribution < -0.4 is 0 Å². The van der Waals surface area contributed by atoms with Crippen molar-refractivity contribution in [2.75, 3.05) is 0 Å². The Hall–Kier alpha value is -1.92. The van der Waals surface area contributed by atoms with E-state index in [9.17, 15) is 17.6 Å². The fourth-order valence-corrected chi connectivity index (χ4v) is 3.68. The van der Waals surface area contributed by atoms with Crippen LogP contribution in [0.1, 0.15) is 15.9 Å². The van der Waals surface area contributed by atoms with Gasteiger partial charge in [-0.1, -0.05) is 23.7 Å². The molecule has 0 amide bonds. The van der Waals surface area contributed by atoms with Crippen LogP contribution in [-0.4, -0.2) is 19.5 Å². The summed E-state index contributed by atoms with van der Waals surface area (Å²) in [5.74, 6) is -2.11. The average Bonchev–Trinajstić information content (AvgIpc) is 2.41. The summed E-state index contributed by atoms with van der Waals surface area (Å²) in [6, 6.07) is 8.47. The Bertz CT molecular complexity index is 785. The first-order valence-corrected chi connectivity index (χ1v) is 7.83. The van der Waals surface area contributed by atoms with Gasteiger partial charge in [-0.2, -0.15) is 0 Å². The molecule has 0 saturated heterocycles. The predicted octanol–water partition coefficient (Wildman–Crippen LogP) is 3.15. The summed E-state index contributed by atoms with van der Waals surface area (Å²) in [5, 5.41) is 8.85. The minimum atomic E-state index is -3.83. The van der Waals surface area contributed by atoms with Gasteiger partial charge in [-0.3, -0.25) is 0 Å². The van der Waals surface area contributed by atoms with E-state index in [1.54, 1.807) is 0 Å². The Balaban J connectivity index is 2.41. The van der Waals surface area contributed by atoms with Crippen LogP contribution in [0.4, 0.5) is 4.39 Å². The van der Waals surface area contributed by atoms with Gasteiger partial charge in [-0.25, -0.2) is 17.6 Å². The standard InChI is InChI=1S/C14H10ClFO4S/c15-12-6-3-10(14(17)18)7-13(12)21(19,20)8-9-1-4-11(16)5-2-9/h1-7H,8H2,(H,17,18). The van der Waals surface area contributed by atoms with Crippen LogP contribution in [0.5, 0.6) is 0 Å². The smallest absolute Gasteiger partial charge is 0.335 e. The zero-order chi connectivity index (χ0) is 15.6. The van der Waals surface area contributed by atoms with Crippen LogP contribution in [0.15, 0.2) is 47.4 Å². The van der Waals surface area contributed by atoms with E-state index in [1.165, 1.54) is 24.3 Å². The predicted molar refractivity (Wildman–Crippen MR) is 75.7 cm³/mol. The van der Waals surface area contributed by atoms with Crippen LogP contribution in [0, 0.1) is 5.82 Å². The van der Waals surface area contributed by atoms with E-state index in [0.29, 0.717) is 5.56 Å². The molecule has 0 radical (unpaired) electrons. The summed E-state index contributed by atoms with van der Waals surface area (Å²) >= 11 is 5.84. The third kappa shape index (κ3) is 3.59. The van der Waals surface area contributed by atoms with Gasteiger partial charge < -0.3 is 5.11 Å². The van der Waals surface area contributed by atoms with Crippen LogP contribution in [0.2, 0.25) is 5.02 Å². The van der Waals surface area contributed by atoms with E-state index < -0.39 is 27.4 Å². The van der Waals surface area contributed by atoms with Crippen LogP contribution in [-0.2, 0) is 15.6 Å². The van der Waals surface area contributed by atoms with E-state index in [1.807, 2.05) is 0 Å². The molecule has 7 heteroatoms. The second kappa shape index (κ2) is 5.83. The van der Waals surface area contributed by atoms with Gasteiger partial charge in [0, 0.05) is 0 Å². The van der Waals surface area contributed by atoms with Gasteiger partial charge in [0.05, 0.1) is 21.2 Å². The monoisotopic (exact) mass is 328 g/mol. The summed E-state index contributed by atoms with van der Waals surface area (Å²) in [6.07, 6.45) is 0. The molecule has 1 N–H and O–H groups in total. The fourth-order valence-electron chi connectivity index (χ4n) is 1.75. The number of sulfone groups is 1. The van der Waals surface area contributed by atoms with Gasteiger partial charge in [-0.05, 0) is 35.9 Å². The van der Waals surface area contributed by atoms with E-state index >= 15 is 0 Å². The largest absolute Gasteiger partial charge is 0.478 e. The molecule has 0 saturated carbocycles. The van der Waals surface area contributed by atoms with Crippen molar-refractivity contribution < 1.29 is 22.7 Å². The first-order chi connectivity index (χ1) is 9.79. The van der Waals surface area contributed by atoms with Crippen molar-refractivity contribution in [3.05, 3.63) is 64.4 Å². The van der Waals surface area contributed by atoms with Crippen LogP contribution >= 0.6 is 11.6 Å². The van der Waals surface area contributed by atoms with Crippen molar-refractivity contribution in [1.29, 1.82) is 0 Å². The highest BCUT2D eigenvalue weighted by atomic mass is 35.5. The molecule has 0 fully saturated rings. The Morgan fingerprint density at radius 3 is 2.33 bits per heavy atom. The molecular formula is C14H10ClFO4S. The number of halogens is 2. The van der Waals surface area contributed by atoms with Crippen molar-refractivity contribution in [1.82, 2.24) is 0 Å². The van der Waals surface area contributed by atoms with Gasteiger partial charge in [0.2, 0.25) is 0 Å². The third-order valence-electron chi connectivity index (χ3n) is 2.78. The number of carboxylic acid groups (broad SMARTS) is 1. The molecule has 0 aromatic heterocycles. The topological polar surface area (TPSA) is 71.4 Å². The lowest BCUT2D eigenvalue weighted by molar-refractivity contribution is 0.0696. The second-order valence-electron chi connectivity index (χ2n) is 4.34. The molecule has 0 atom stereocenters. The number of carbonyl (C=O) groups is 1. The van der Waals surface area contributed by atoms with Gasteiger partial charge in [0.15, 0.2) is 9.84 Å². The molecule has 0 aliphatic carbocycles. The van der Waals surface area contributed by atoms with Gasteiger partial charge in [0.1, 0.15) is 5.82 Å². The quantitative estimate of drug-likeness (QED) is 0.935. The van der Waals surface area contributed by atoms with E-state index in [2.05, 4.69) is 0 Å².